The first-order chi connectivity index (χ1) is 13.6. The Labute approximate surface area is 163 Å². The first-order valence-corrected chi connectivity index (χ1v) is 9.49. The summed E-state index contributed by atoms with van der Waals surface area (Å²) < 4.78 is 24.6. The van der Waals surface area contributed by atoms with E-state index in [1.54, 1.807) is 36.2 Å². The van der Waals surface area contributed by atoms with E-state index in [-0.39, 0.29) is 24.7 Å². The number of likely N-dealkylation sites (tertiary alicyclic amines) is 1. The summed E-state index contributed by atoms with van der Waals surface area (Å²) in [4.78, 5) is 16.6. The summed E-state index contributed by atoms with van der Waals surface area (Å²) in [7, 11) is 1.81. The highest BCUT2D eigenvalue weighted by molar-refractivity contribution is 5.89. The van der Waals surface area contributed by atoms with E-state index in [9.17, 15) is 9.18 Å². The van der Waals surface area contributed by atoms with Gasteiger partial charge in [-0.2, -0.15) is 0 Å². The van der Waals surface area contributed by atoms with E-state index < -0.39 is 0 Å². The van der Waals surface area contributed by atoms with Crippen LogP contribution in [0.15, 0.2) is 42.5 Å². The molecule has 0 radical (unpaired) electrons. The molecule has 28 heavy (non-hydrogen) atoms. The van der Waals surface area contributed by atoms with Crippen molar-refractivity contribution >= 4 is 11.7 Å². The van der Waals surface area contributed by atoms with Crippen LogP contribution in [-0.4, -0.2) is 48.8 Å². The van der Waals surface area contributed by atoms with E-state index in [4.69, 9.17) is 9.47 Å². The monoisotopic (exact) mass is 385 g/mol. The molecule has 1 fully saturated rings. The van der Waals surface area contributed by atoms with Crippen molar-refractivity contribution in [2.75, 3.05) is 32.2 Å². The number of carbonyl (C=O) groups is 1. The quantitative estimate of drug-likeness (QED) is 0.872. The Morgan fingerprint density at radius 3 is 2.93 bits per heavy atom. The number of benzene rings is 2. The van der Waals surface area contributed by atoms with Gasteiger partial charge in [-0.25, -0.2) is 9.18 Å². The highest BCUT2D eigenvalue weighted by Gasteiger charge is 2.27. The first kappa shape index (κ1) is 18.6. The molecule has 0 saturated carbocycles. The molecular formula is C21H24FN3O3. The van der Waals surface area contributed by atoms with Crippen LogP contribution in [0.2, 0.25) is 0 Å². The normalized spacial score (nSPS) is 18.7. The molecule has 0 unspecified atom stereocenters. The van der Waals surface area contributed by atoms with Crippen molar-refractivity contribution in [3.05, 3.63) is 53.8 Å². The topological polar surface area (TPSA) is 54.0 Å². The highest BCUT2D eigenvalue weighted by Crippen LogP contribution is 2.34. The summed E-state index contributed by atoms with van der Waals surface area (Å²) in [6.45, 7) is 2.38. The number of fused-ring (bicyclic) bond motifs is 1. The van der Waals surface area contributed by atoms with Gasteiger partial charge < -0.3 is 19.7 Å². The third-order valence-corrected chi connectivity index (χ3v) is 5.32. The van der Waals surface area contributed by atoms with Crippen LogP contribution in [0.25, 0.3) is 0 Å². The van der Waals surface area contributed by atoms with Crippen molar-refractivity contribution < 1.29 is 18.7 Å². The van der Waals surface area contributed by atoms with Gasteiger partial charge in [0.1, 0.15) is 5.82 Å². The lowest BCUT2D eigenvalue weighted by atomic mass is 10.0. The molecule has 0 aliphatic carbocycles. The zero-order valence-corrected chi connectivity index (χ0v) is 15.9. The average Bonchev–Trinajstić information content (AvgIpc) is 3.17. The second kappa shape index (κ2) is 8.06. The van der Waals surface area contributed by atoms with Gasteiger partial charge in [-0.05, 0) is 37.6 Å². The van der Waals surface area contributed by atoms with Crippen LogP contribution in [0.1, 0.15) is 18.4 Å². The molecule has 0 spiro atoms. The van der Waals surface area contributed by atoms with Crippen LogP contribution >= 0.6 is 0 Å². The molecule has 0 aromatic heterocycles. The molecule has 2 aliphatic heterocycles. The maximum absolute atomic E-state index is 13.9. The molecule has 7 heteroatoms. The number of rotatable bonds is 4. The molecular weight excluding hydrogens is 361 g/mol. The zero-order chi connectivity index (χ0) is 19.5. The number of anilines is 1. The molecule has 2 amide bonds. The largest absolute Gasteiger partial charge is 0.454 e. The molecule has 2 aromatic rings. The van der Waals surface area contributed by atoms with Gasteiger partial charge in [0.05, 0.1) is 0 Å². The number of nitrogens with zero attached hydrogens (tertiary/aromatic N) is 2. The average molecular weight is 385 g/mol. The van der Waals surface area contributed by atoms with Crippen LogP contribution < -0.4 is 14.8 Å². The van der Waals surface area contributed by atoms with E-state index in [2.05, 4.69) is 10.2 Å². The number of carbonyl (C=O) groups excluding carboxylic acids is 1. The van der Waals surface area contributed by atoms with Crippen LogP contribution in [0.5, 0.6) is 11.5 Å². The lowest BCUT2D eigenvalue weighted by Crippen LogP contribution is -2.49. The number of piperidine rings is 1. The molecule has 6 nitrogen and oxygen atoms in total. The van der Waals surface area contributed by atoms with Gasteiger partial charge in [0, 0.05) is 43.5 Å². The number of hydrogen-bond donors (Lipinski definition) is 1. The van der Waals surface area contributed by atoms with Crippen molar-refractivity contribution in [1.82, 2.24) is 9.80 Å². The Balaban J connectivity index is 1.36. The fraction of sp³-hybridized carbons (Fsp3) is 0.381. The van der Waals surface area contributed by atoms with Crippen molar-refractivity contribution in [1.29, 1.82) is 0 Å². The maximum Gasteiger partial charge on any atom is 0.321 e. The zero-order valence-electron chi connectivity index (χ0n) is 15.9. The van der Waals surface area contributed by atoms with E-state index in [0.29, 0.717) is 29.3 Å². The highest BCUT2D eigenvalue weighted by atomic mass is 19.1. The van der Waals surface area contributed by atoms with Gasteiger partial charge in [0.25, 0.3) is 0 Å². The third kappa shape index (κ3) is 4.04. The van der Waals surface area contributed by atoms with E-state index in [0.717, 1.165) is 25.9 Å². The van der Waals surface area contributed by atoms with Crippen molar-refractivity contribution in [3.63, 3.8) is 0 Å². The Bertz CT molecular complexity index is 861. The first-order valence-electron chi connectivity index (χ1n) is 9.49. The summed E-state index contributed by atoms with van der Waals surface area (Å²) in [5.41, 5.74) is 1.36. The number of amides is 2. The summed E-state index contributed by atoms with van der Waals surface area (Å²) in [5.74, 6) is 1.13. The maximum atomic E-state index is 13.9. The minimum atomic E-state index is -0.182. The standard InChI is InChI=1S/C21H24FN3O3/c1-24(21(26)23-16-8-9-19-20(11-16)28-14-27-19)17-6-4-10-25(13-17)12-15-5-2-3-7-18(15)22/h2-3,5,7-9,11,17H,4,6,10,12-14H2,1H3,(H,23,26)/t17-/m1/s1. The third-order valence-electron chi connectivity index (χ3n) is 5.32. The number of nitrogens with one attached hydrogen (secondary N) is 1. The van der Waals surface area contributed by atoms with Crippen LogP contribution in [0.3, 0.4) is 0 Å². The van der Waals surface area contributed by atoms with Gasteiger partial charge in [-0.15, -0.1) is 0 Å². The van der Waals surface area contributed by atoms with Gasteiger partial charge in [0.15, 0.2) is 11.5 Å². The number of likely N-dealkylation sites (N-methyl/N-ethyl adjacent to an activating group) is 1. The van der Waals surface area contributed by atoms with E-state index in [1.165, 1.54) is 6.07 Å². The Kier molecular flexibility index (Phi) is 5.34. The lowest BCUT2D eigenvalue weighted by Gasteiger charge is -2.37. The second-order valence-electron chi connectivity index (χ2n) is 7.23. The van der Waals surface area contributed by atoms with Crippen molar-refractivity contribution in [2.24, 2.45) is 0 Å². The molecule has 2 aliphatic rings. The Hall–Kier alpha value is -2.80. The van der Waals surface area contributed by atoms with E-state index >= 15 is 0 Å². The summed E-state index contributed by atoms with van der Waals surface area (Å²) >= 11 is 0. The SMILES string of the molecule is CN(C(=O)Nc1ccc2c(c1)OCO2)[C@@H]1CCCN(Cc2ccccc2F)C1. The minimum absolute atomic E-state index is 0.0783. The van der Waals surface area contributed by atoms with Crippen LogP contribution in [0, 0.1) is 5.82 Å². The van der Waals surface area contributed by atoms with Gasteiger partial charge in [-0.1, -0.05) is 18.2 Å². The smallest absolute Gasteiger partial charge is 0.321 e. The minimum Gasteiger partial charge on any atom is -0.454 e. The Morgan fingerprint density at radius 2 is 2.07 bits per heavy atom. The predicted octanol–water partition coefficient (Wildman–Crippen LogP) is 3.68. The van der Waals surface area contributed by atoms with Gasteiger partial charge in [0.2, 0.25) is 6.79 Å². The fourth-order valence-electron chi connectivity index (χ4n) is 3.71. The summed E-state index contributed by atoms with van der Waals surface area (Å²) in [5, 5.41) is 2.92. The summed E-state index contributed by atoms with van der Waals surface area (Å²) in [6.07, 6.45) is 1.90. The van der Waals surface area contributed by atoms with Gasteiger partial charge >= 0.3 is 6.03 Å². The van der Waals surface area contributed by atoms with Crippen molar-refractivity contribution in [3.8, 4) is 11.5 Å². The molecule has 1 saturated heterocycles. The summed E-state index contributed by atoms with van der Waals surface area (Å²) in [6, 6.07) is 12.1. The fourth-order valence-corrected chi connectivity index (χ4v) is 3.71. The molecule has 2 heterocycles. The number of halogens is 1. The Morgan fingerprint density at radius 1 is 1.25 bits per heavy atom. The number of urea groups is 1. The lowest BCUT2D eigenvalue weighted by molar-refractivity contribution is 0.126. The molecule has 148 valence electrons. The number of ether oxygens (including phenoxy) is 2. The molecule has 1 atom stereocenters. The van der Waals surface area contributed by atoms with Crippen LogP contribution in [-0.2, 0) is 6.54 Å². The molecule has 4 rings (SSSR count). The second-order valence-corrected chi connectivity index (χ2v) is 7.23. The van der Waals surface area contributed by atoms with Gasteiger partial charge in [-0.3, -0.25) is 4.90 Å². The molecule has 1 N–H and O–H groups in total. The van der Waals surface area contributed by atoms with Crippen molar-refractivity contribution in [2.45, 2.75) is 25.4 Å². The predicted molar refractivity (Wildman–Crippen MR) is 104 cm³/mol. The molecule has 0 bridgehead atoms. The number of hydrogen-bond acceptors (Lipinski definition) is 4. The molecule has 2 aromatic carbocycles. The van der Waals surface area contributed by atoms with Crippen LogP contribution in [0.4, 0.5) is 14.9 Å². The van der Waals surface area contributed by atoms with E-state index in [1.807, 2.05) is 12.1 Å².